The number of aryl methyl sites for hydroxylation is 1. The van der Waals surface area contributed by atoms with E-state index >= 15 is 0 Å². The standard InChI is InChI=1S/C12H14ClN5O.C6H6/c1-18-12(19)16-11(17-18)15-7-6-10(14)8-2-4-9(13)5-3-8;1-2-4-6-5-3-1/h2-5,14H,6-7H2,1H3,(H2,15,16,17,19);1-6H. The first-order valence-corrected chi connectivity index (χ1v) is 8.14. The van der Waals surface area contributed by atoms with E-state index in [-0.39, 0.29) is 5.69 Å². The molecule has 2 aromatic carbocycles. The Kier molecular flexibility index (Phi) is 6.98. The minimum Gasteiger partial charge on any atom is -0.354 e. The first-order chi connectivity index (χ1) is 12.1. The maximum Gasteiger partial charge on any atom is 0.344 e. The van der Waals surface area contributed by atoms with Crippen molar-refractivity contribution in [2.45, 2.75) is 6.42 Å². The van der Waals surface area contributed by atoms with Crippen LogP contribution < -0.4 is 11.0 Å². The molecule has 0 saturated carbocycles. The van der Waals surface area contributed by atoms with E-state index < -0.39 is 0 Å². The Hall–Kier alpha value is -2.86. The van der Waals surface area contributed by atoms with Gasteiger partial charge in [-0.05, 0) is 17.7 Å². The summed E-state index contributed by atoms with van der Waals surface area (Å²) in [5.74, 6) is 0.413. The lowest BCUT2D eigenvalue weighted by molar-refractivity contribution is 0.735. The Bertz CT molecular complexity index is 813. The minimum absolute atomic E-state index is 0.268. The van der Waals surface area contributed by atoms with Gasteiger partial charge in [0.05, 0.1) is 0 Å². The Morgan fingerprint density at radius 3 is 2.20 bits per heavy atom. The Labute approximate surface area is 151 Å². The van der Waals surface area contributed by atoms with Crippen molar-refractivity contribution >= 4 is 23.3 Å². The van der Waals surface area contributed by atoms with Crippen molar-refractivity contribution in [2.24, 2.45) is 7.05 Å². The average Bonchev–Trinajstić information content (AvgIpc) is 2.95. The van der Waals surface area contributed by atoms with Crippen molar-refractivity contribution in [3.05, 3.63) is 81.7 Å². The summed E-state index contributed by atoms with van der Waals surface area (Å²) in [6.07, 6.45) is 0.528. The highest BCUT2D eigenvalue weighted by molar-refractivity contribution is 6.30. The van der Waals surface area contributed by atoms with E-state index in [9.17, 15) is 4.79 Å². The van der Waals surface area contributed by atoms with Gasteiger partial charge in [-0.2, -0.15) is 0 Å². The van der Waals surface area contributed by atoms with Gasteiger partial charge in [-0.3, -0.25) is 4.98 Å². The highest BCUT2D eigenvalue weighted by Crippen LogP contribution is 2.11. The largest absolute Gasteiger partial charge is 0.354 e. The third-order valence-electron chi connectivity index (χ3n) is 3.30. The van der Waals surface area contributed by atoms with Gasteiger partial charge in [-0.25, -0.2) is 9.48 Å². The molecule has 6 nitrogen and oxygen atoms in total. The van der Waals surface area contributed by atoms with Crippen molar-refractivity contribution in [3.8, 4) is 0 Å². The van der Waals surface area contributed by atoms with Crippen molar-refractivity contribution in [1.82, 2.24) is 14.8 Å². The van der Waals surface area contributed by atoms with Crippen LogP contribution in [0.5, 0.6) is 0 Å². The molecule has 0 unspecified atom stereocenters. The number of benzene rings is 2. The van der Waals surface area contributed by atoms with E-state index in [0.717, 1.165) is 5.56 Å². The second kappa shape index (κ2) is 9.44. The number of nitrogens with zero attached hydrogens (tertiary/aromatic N) is 2. The summed E-state index contributed by atoms with van der Waals surface area (Å²) < 4.78 is 1.22. The molecule has 0 aliphatic heterocycles. The van der Waals surface area contributed by atoms with E-state index in [1.54, 1.807) is 19.2 Å². The van der Waals surface area contributed by atoms with Gasteiger partial charge in [0.1, 0.15) is 0 Å². The molecule has 0 atom stereocenters. The lowest BCUT2D eigenvalue weighted by Gasteiger charge is -2.05. The van der Waals surface area contributed by atoms with Crippen LogP contribution in [0.2, 0.25) is 5.02 Å². The fourth-order valence-electron chi connectivity index (χ4n) is 1.97. The van der Waals surface area contributed by atoms with E-state index in [1.165, 1.54) is 4.68 Å². The molecule has 0 fully saturated rings. The van der Waals surface area contributed by atoms with Crippen LogP contribution in [-0.2, 0) is 7.05 Å². The first-order valence-electron chi connectivity index (χ1n) is 7.77. The third kappa shape index (κ3) is 6.27. The summed E-state index contributed by atoms with van der Waals surface area (Å²) in [5.41, 5.74) is 1.07. The fourth-order valence-corrected chi connectivity index (χ4v) is 2.09. The Balaban J connectivity index is 0.000000316. The van der Waals surface area contributed by atoms with Crippen LogP contribution in [0.1, 0.15) is 12.0 Å². The van der Waals surface area contributed by atoms with Crippen molar-refractivity contribution in [3.63, 3.8) is 0 Å². The third-order valence-corrected chi connectivity index (χ3v) is 3.55. The second-order valence-corrected chi connectivity index (χ2v) is 5.66. The van der Waals surface area contributed by atoms with Crippen LogP contribution in [0.15, 0.2) is 65.5 Å². The van der Waals surface area contributed by atoms with Crippen LogP contribution in [0, 0.1) is 5.41 Å². The zero-order chi connectivity index (χ0) is 18.1. The number of aromatic nitrogens is 3. The zero-order valence-corrected chi connectivity index (χ0v) is 14.6. The van der Waals surface area contributed by atoms with E-state index in [2.05, 4.69) is 15.4 Å². The number of halogens is 1. The maximum atomic E-state index is 11.1. The number of aromatic amines is 1. The van der Waals surface area contributed by atoms with Gasteiger partial charge in [0.15, 0.2) is 0 Å². The van der Waals surface area contributed by atoms with Gasteiger partial charge in [0, 0.05) is 30.7 Å². The molecule has 130 valence electrons. The summed E-state index contributed by atoms with van der Waals surface area (Å²) in [6, 6.07) is 19.1. The molecule has 1 aromatic heterocycles. The van der Waals surface area contributed by atoms with E-state index in [1.807, 2.05) is 48.5 Å². The van der Waals surface area contributed by atoms with Crippen molar-refractivity contribution in [1.29, 1.82) is 5.41 Å². The fraction of sp³-hybridized carbons (Fsp3) is 0.167. The van der Waals surface area contributed by atoms with Gasteiger partial charge < -0.3 is 10.7 Å². The molecule has 0 amide bonds. The molecule has 0 saturated heterocycles. The van der Waals surface area contributed by atoms with Crippen LogP contribution in [0.3, 0.4) is 0 Å². The van der Waals surface area contributed by atoms with Gasteiger partial charge in [-0.1, -0.05) is 60.1 Å². The van der Waals surface area contributed by atoms with Crippen LogP contribution in [0.25, 0.3) is 0 Å². The number of hydrogen-bond donors (Lipinski definition) is 3. The average molecular weight is 358 g/mol. The zero-order valence-electron chi connectivity index (χ0n) is 13.9. The number of H-pyrrole nitrogens is 1. The van der Waals surface area contributed by atoms with Gasteiger partial charge in [0.25, 0.3) is 0 Å². The molecule has 7 heteroatoms. The van der Waals surface area contributed by atoms with Gasteiger partial charge in [0.2, 0.25) is 5.95 Å². The normalized spacial score (nSPS) is 9.84. The minimum atomic E-state index is -0.268. The highest BCUT2D eigenvalue weighted by atomic mass is 35.5. The molecule has 0 aliphatic carbocycles. The first kappa shape index (κ1) is 18.5. The maximum absolute atomic E-state index is 11.1. The predicted octanol–water partition coefficient (Wildman–Crippen LogP) is 3.32. The summed E-state index contributed by atoms with van der Waals surface area (Å²) in [5, 5.41) is 15.5. The highest BCUT2D eigenvalue weighted by Gasteiger charge is 2.03. The SMILES string of the molecule is Cn1nc(NCCC(=N)c2ccc(Cl)cc2)[nH]c1=O.c1ccccc1. The van der Waals surface area contributed by atoms with Crippen LogP contribution in [-0.4, -0.2) is 27.0 Å². The molecule has 0 spiro atoms. The summed E-state index contributed by atoms with van der Waals surface area (Å²) in [4.78, 5) is 13.7. The molecule has 0 radical (unpaired) electrons. The van der Waals surface area contributed by atoms with Crippen LogP contribution in [0.4, 0.5) is 5.95 Å². The molecule has 0 bridgehead atoms. The van der Waals surface area contributed by atoms with Gasteiger partial charge in [-0.15, -0.1) is 5.10 Å². The molecule has 3 N–H and O–H groups in total. The number of rotatable bonds is 5. The number of anilines is 1. The second-order valence-electron chi connectivity index (χ2n) is 5.22. The van der Waals surface area contributed by atoms with Crippen molar-refractivity contribution in [2.75, 3.05) is 11.9 Å². The smallest absolute Gasteiger partial charge is 0.344 e. The predicted molar refractivity (Wildman–Crippen MR) is 102 cm³/mol. The van der Waals surface area contributed by atoms with Crippen molar-refractivity contribution < 1.29 is 0 Å². The molecule has 3 aromatic rings. The summed E-state index contributed by atoms with van der Waals surface area (Å²) in [6.45, 7) is 0.522. The monoisotopic (exact) mass is 357 g/mol. The summed E-state index contributed by atoms with van der Waals surface area (Å²) >= 11 is 5.79. The van der Waals surface area contributed by atoms with Gasteiger partial charge >= 0.3 is 5.69 Å². The van der Waals surface area contributed by atoms with E-state index in [4.69, 9.17) is 17.0 Å². The molecular weight excluding hydrogens is 338 g/mol. The molecule has 0 aliphatic rings. The lowest BCUT2D eigenvalue weighted by Crippen LogP contribution is -2.13. The molecular formula is C18H20ClN5O. The number of hydrogen-bond acceptors (Lipinski definition) is 4. The Morgan fingerprint density at radius 2 is 1.72 bits per heavy atom. The quantitative estimate of drug-likeness (QED) is 0.612. The molecule has 1 heterocycles. The summed E-state index contributed by atoms with van der Waals surface area (Å²) in [7, 11) is 1.57. The lowest BCUT2D eigenvalue weighted by atomic mass is 10.1. The Morgan fingerprint density at radius 1 is 1.16 bits per heavy atom. The molecule has 25 heavy (non-hydrogen) atoms. The van der Waals surface area contributed by atoms with Crippen LogP contribution >= 0.6 is 11.6 Å². The number of nitrogens with one attached hydrogen (secondary N) is 3. The van der Waals surface area contributed by atoms with E-state index in [0.29, 0.717) is 29.6 Å². The molecule has 3 rings (SSSR count). The topological polar surface area (TPSA) is 86.6 Å².